The molecule has 1 fully saturated rings. The molecule has 1 aliphatic heterocycles. The quantitative estimate of drug-likeness (QED) is 0.727. The van der Waals surface area contributed by atoms with Crippen LogP contribution in [0.5, 0.6) is 0 Å². The SMILES string of the molecule is CC(C)(C)OC(=O)NC1=N[C@](C)(c2ccccc2F)[C@@H](F)[C@@H](C(F)(F)C2CC2)O1. The summed E-state index contributed by atoms with van der Waals surface area (Å²) >= 11 is 0. The molecule has 5 nitrogen and oxygen atoms in total. The van der Waals surface area contributed by atoms with Crippen molar-refractivity contribution in [1.29, 1.82) is 0 Å². The number of carbonyl (C=O) groups excluding carboxylic acids is 1. The minimum Gasteiger partial charge on any atom is -0.452 e. The largest absolute Gasteiger partial charge is 0.452 e. The molecule has 1 saturated carbocycles. The highest BCUT2D eigenvalue weighted by atomic mass is 19.3. The number of amides is 1. The van der Waals surface area contributed by atoms with Gasteiger partial charge >= 0.3 is 6.09 Å². The summed E-state index contributed by atoms with van der Waals surface area (Å²) in [4.78, 5) is 16.0. The fourth-order valence-corrected chi connectivity index (χ4v) is 3.28. The van der Waals surface area contributed by atoms with Gasteiger partial charge in [0, 0.05) is 11.5 Å². The summed E-state index contributed by atoms with van der Waals surface area (Å²) in [6, 6.07) is 4.58. The molecule has 9 heteroatoms. The molecule has 1 heterocycles. The van der Waals surface area contributed by atoms with E-state index in [0.29, 0.717) is 0 Å². The summed E-state index contributed by atoms with van der Waals surface area (Å²) in [6.07, 6.45) is -5.11. The van der Waals surface area contributed by atoms with E-state index in [0.717, 1.165) is 6.07 Å². The number of alkyl carbamates (subject to hydrolysis) is 1. The number of carbonyl (C=O) groups is 1. The lowest BCUT2D eigenvalue weighted by atomic mass is 9.81. The number of alkyl halides is 3. The minimum atomic E-state index is -3.51. The highest BCUT2D eigenvalue weighted by Gasteiger charge is 2.62. The van der Waals surface area contributed by atoms with Crippen LogP contribution in [0.4, 0.5) is 22.4 Å². The first kappa shape index (κ1) is 21.4. The average molecular weight is 416 g/mol. The van der Waals surface area contributed by atoms with E-state index in [4.69, 9.17) is 9.47 Å². The van der Waals surface area contributed by atoms with Gasteiger partial charge in [0.05, 0.1) is 0 Å². The third kappa shape index (κ3) is 4.33. The van der Waals surface area contributed by atoms with Gasteiger partial charge < -0.3 is 9.47 Å². The topological polar surface area (TPSA) is 59.9 Å². The third-order valence-electron chi connectivity index (χ3n) is 4.90. The van der Waals surface area contributed by atoms with Gasteiger partial charge in [-0.25, -0.2) is 32.7 Å². The molecule has 0 spiro atoms. The first-order chi connectivity index (χ1) is 13.3. The van der Waals surface area contributed by atoms with Crippen molar-refractivity contribution in [2.45, 2.75) is 69.9 Å². The number of aliphatic imine (C=N–C) groups is 1. The Morgan fingerprint density at radius 3 is 2.45 bits per heavy atom. The molecular formula is C20H24F4N2O3. The number of amidine groups is 1. The van der Waals surface area contributed by atoms with Crippen LogP contribution >= 0.6 is 0 Å². The van der Waals surface area contributed by atoms with Gasteiger partial charge in [-0.15, -0.1) is 0 Å². The second kappa shape index (κ2) is 7.18. The summed E-state index contributed by atoms with van der Waals surface area (Å²) in [5.74, 6) is -5.34. The maximum Gasteiger partial charge on any atom is 0.415 e. The highest BCUT2D eigenvalue weighted by Crippen LogP contribution is 2.51. The Kier molecular flexibility index (Phi) is 5.29. The van der Waals surface area contributed by atoms with Crippen molar-refractivity contribution in [3.05, 3.63) is 35.6 Å². The van der Waals surface area contributed by atoms with Crippen LogP contribution in [0.2, 0.25) is 0 Å². The number of halogens is 4. The van der Waals surface area contributed by atoms with Gasteiger partial charge in [0.15, 0.2) is 12.3 Å². The number of hydrogen-bond acceptors (Lipinski definition) is 4. The van der Waals surface area contributed by atoms with Gasteiger partial charge in [-0.1, -0.05) is 18.2 Å². The molecule has 1 aromatic rings. The van der Waals surface area contributed by atoms with Crippen LogP contribution < -0.4 is 5.32 Å². The summed E-state index contributed by atoms with van der Waals surface area (Å²) < 4.78 is 69.7. The van der Waals surface area contributed by atoms with E-state index < -0.39 is 53.2 Å². The molecule has 160 valence electrons. The molecule has 1 aliphatic carbocycles. The molecular weight excluding hydrogens is 392 g/mol. The van der Waals surface area contributed by atoms with Crippen molar-refractivity contribution in [1.82, 2.24) is 5.32 Å². The smallest absolute Gasteiger partial charge is 0.415 e. The number of benzene rings is 1. The molecule has 3 rings (SSSR count). The normalized spacial score (nSPS) is 27.7. The molecule has 0 saturated heterocycles. The van der Waals surface area contributed by atoms with Crippen molar-refractivity contribution in [3.63, 3.8) is 0 Å². The maximum atomic E-state index is 15.4. The fourth-order valence-electron chi connectivity index (χ4n) is 3.28. The molecule has 1 amide bonds. The highest BCUT2D eigenvalue weighted by molar-refractivity contribution is 5.91. The van der Waals surface area contributed by atoms with Gasteiger partial charge in [-0.3, -0.25) is 0 Å². The first-order valence-corrected chi connectivity index (χ1v) is 9.38. The summed E-state index contributed by atoms with van der Waals surface area (Å²) in [5.41, 5.74) is -3.11. The Morgan fingerprint density at radius 1 is 1.28 bits per heavy atom. The van der Waals surface area contributed by atoms with Gasteiger partial charge in [-0.05, 0) is 46.6 Å². The lowest BCUT2D eigenvalue weighted by molar-refractivity contribution is -0.162. The summed E-state index contributed by atoms with van der Waals surface area (Å²) in [5, 5.41) is 2.15. The number of nitrogens with zero attached hydrogens (tertiary/aromatic N) is 1. The summed E-state index contributed by atoms with van der Waals surface area (Å²) in [6.45, 7) is 6.04. The Bertz CT molecular complexity index is 820. The maximum absolute atomic E-state index is 15.4. The number of nitrogens with one attached hydrogen (secondary N) is 1. The van der Waals surface area contributed by atoms with Crippen LogP contribution in [0.3, 0.4) is 0 Å². The Hall–Kier alpha value is -2.32. The van der Waals surface area contributed by atoms with Gasteiger partial charge in [0.1, 0.15) is 17.0 Å². The molecule has 1 N–H and O–H groups in total. The van der Waals surface area contributed by atoms with Crippen molar-refractivity contribution in [2.75, 3.05) is 0 Å². The van der Waals surface area contributed by atoms with Gasteiger partial charge in [0.25, 0.3) is 11.9 Å². The molecule has 29 heavy (non-hydrogen) atoms. The van der Waals surface area contributed by atoms with E-state index >= 15 is 4.39 Å². The molecule has 2 aliphatic rings. The predicted molar refractivity (Wildman–Crippen MR) is 98.0 cm³/mol. The van der Waals surface area contributed by atoms with Crippen molar-refractivity contribution in [3.8, 4) is 0 Å². The van der Waals surface area contributed by atoms with Crippen molar-refractivity contribution < 1.29 is 31.8 Å². The van der Waals surface area contributed by atoms with Crippen LogP contribution in [0.1, 0.15) is 46.1 Å². The second-order valence-corrected chi connectivity index (χ2v) is 8.56. The van der Waals surface area contributed by atoms with Gasteiger partial charge in [0.2, 0.25) is 0 Å². The van der Waals surface area contributed by atoms with E-state index in [-0.39, 0.29) is 18.4 Å². The second-order valence-electron chi connectivity index (χ2n) is 8.56. The number of hydrogen-bond donors (Lipinski definition) is 1. The van der Waals surface area contributed by atoms with E-state index in [1.54, 1.807) is 20.8 Å². The molecule has 0 unspecified atom stereocenters. The lowest BCUT2D eigenvalue weighted by Gasteiger charge is -2.41. The zero-order valence-corrected chi connectivity index (χ0v) is 16.6. The van der Waals surface area contributed by atoms with E-state index in [1.807, 2.05) is 0 Å². The monoisotopic (exact) mass is 416 g/mol. The Morgan fingerprint density at radius 2 is 1.90 bits per heavy atom. The first-order valence-electron chi connectivity index (χ1n) is 9.38. The minimum absolute atomic E-state index is 0.212. The van der Waals surface area contributed by atoms with Crippen LogP contribution in [0.25, 0.3) is 0 Å². The molecule has 3 atom stereocenters. The lowest BCUT2D eigenvalue weighted by Crippen LogP contribution is -2.58. The molecule has 0 radical (unpaired) electrons. The van der Waals surface area contributed by atoms with Gasteiger partial charge in [-0.2, -0.15) is 0 Å². The predicted octanol–water partition coefficient (Wildman–Crippen LogP) is 4.70. The van der Waals surface area contributed by atoms with Crippen LogP contribution in [-0.2, 0) is 15.0 Å². The zero-order valence-electron chi connectivity index (χ0n) is 16.6. The molecule has 0 bridgehead atoms. The molecule has 0 aromatic heterocycles. The van der Waals surface area contributed by atoms with Crippen molar-refractivity contribution >= 4 is 12.1 Å². The van der Waals surface area contributed by atoms with E-state index in [9.17, 15) is 18.0 Å². The van der Waals surface area contributed by atoms with E-state index in [2.05, 4.69) is 10.3 Å². The molecule has 1 aromatic carbocycles. The number of rotatable bonds is 3. The average Bonchev–Trinajstić information content (AvgIpc) is 3.42. The van der Waals surface area contributed by atoms with Crippen LogP contribution in [0.15, 0.2) is 29.3 Å². The van der Waals surface area contributed by atoms with Crippen LogP contribution in [-0.4, -0.2) is 35.9 Å². The van der Waals surface area contributed by atoms with E-state index in [1.165, 1.54) is 25.1 Å². The number of ether oxygens (including phenoxy) is 2. The summed E-state index contributed by atoms with van der Waals surface area (Å²) in [7, 11) is 0. The zero-order chi connectivity index (χ0) is 21.6. The standard InChI is InChI=1S/C20H24F4N2O3/c1-18(2,3)29-17(27)25-16-26-19(4,12-7-5-6-8-13(12)21)14(22)15(28-16)20(23,24)11-9-10-11/h5-8,11,14-15H,9-10H2,1-4H3,(H,25,26,27)/t14-,15-,19+/m0/s1. The Labute approximate surface area is 166 Å². The van der Waals surface area contributed by atoms with Crippen LogP contribution in [0, 0.1) is 11.7 Å². The van der Waals surface area contributed by atoms with Crippen molar-refractivity contribution in [2.24, 2.45) is 10.9 Å². The third-order valence-corrected chi connectivity index (χ3v) is 4.90. The Balaban J connectivity index is 2.00. The fraction of sp³-hybridized carbons (Fsp3) is 0.600.